The molecule has 3 atom stereocenters. The predicted octanol–water partition coefficient (Wildman–Crippen LogP) is 2.18. The Kier molecular flexibility index (Phi) is 10.5. The normalized spacial score (nSPS) is 20.1. The molecular formula is C23H42N4O3. The molecule has 0 aliphatic carbocycles. The van der Waals surface area contributed by atoms with Gasteiger partial charge in [-0.3, -0.25) is 19.3 Å². The van der Waals surface area contributed by atoms with Crippen LogP contribution in [0.4, 0.5) is 0 Å². The molecule has 1 saturated heterocycles. The SMILES string of the molecule is CCNC(=O)C(C)=C[C@H](C(C)C)N(C)C(=O)[C@@H](NC(=O)[C@H]1CCCCN1C)C(C)C. The van der Waals surface area contributed by atoms with Crippen LogP contribution in [0.15, 0.2) is 11.6 Å². The van der Waals surface area contributed by atoms with Gasteiger partial charge in [-0.1, -0.05) is 40.2 Å². The Morgan fingerprint density at radius 3 is 2.27 bits per heavy atom. The summed E-state index contributed by atoms with van der Waals surface area (Å²) < 4.78 is 0. The van der Waals surface area contributed by atoms with Crippen molar-refractivity contribution in [3.05, 3.63) is 11.6 Å². The van der Waals surface area contributed by atoms with Crippen LogP contribution in [0.3, 0.4) is 0 Å². The van der Waals surface area contributed by atoms with Gasteiger partial charge in [-0.2, -0.15) is 0 Å². The molecular weight excluding hydrogens is 380 g/mol. The Bertz CT molecular complexity index is 630. The number of piperidine rings is 1. The third-order valence-corrected chi connectivity index (χ3v) is 5.90. The van der Waals surface area contributed by atoms with Crippen LogP contribution in [-0.4, -0.2) is 72.8 Å². The number of likely N-dealkylation sites (N-methyl/N-ethyl adjacent to an activating group) is 3. The highest BCUT2D eigenvalue weighted by molar-refractivity contribution is 5.93. The van der Waals surface area contributed by atoms with Gasteiger partial charge in [0.15, 0.2) is 0 Å². The lowest BCUT2D eigenvalue weighted by Gasteiger charge is -2.36. The minimum absolute atomic E-state index is 0.0425. The highest BCUT2D eigenvalue weighted by Crippen LogP contribution is 2.19. The number of carbonyl (C=O) groups excluding carboxylic acids is 3. The number of carbonyl (C=O) groups is 3. The molecule has 0 unspecified atom stereocenters. The topological polar surface area (TPSA) is 81.8 Å². The zero-order chi connectivity index (χ0) is 23.0. The summed E-state index contributed by atoms with van der Waals surface area (Å²) in [7, 11) is 3.72. The quantitative estimate of drug-likeness (QED) is 0.558. The van der Waals surface area contributed by atoms with Gasteiger partial charge in [0.1, 0.15) is 6.04 Å². The molecule has 0 aromatic rings. The summed E-state index contributed by atoms with van der Waals surface area (Å²) >= 11 is 0. The lowest BCUT2D eigenvalue weighted by Crippen LogP contribution is -2.57. The van der Waals surface area contributed by atoms with Crippen molar-refractivity contribution in [3.63, 3.8) is 0 Å². The van der Waals surface area contributed by atoms with Crippen molar-refractivity contribution in [1.29, 1.82) is 0 Å². The fourth-order valence-corrected chi connectivity index (χ4v) is 3.92. The van der Waals surface area contributed by atoms with Crippen LogP contribution in [0.1, 0.15) is 60.8 Å². The smallest absolute Gasteiger partial charge is 0.246 e. The summed E-state index contributed by atoms with van der Waals surface area (Å²) in [6.45, 7) is 13.0. The molecule has 0 aromatic carbocycles. The summed E-state index contributed by atoms with van der Waals surface area (Å²) in [6.07, 6.45) is 4.80. The maximum atomic E-state index is 13.4. The van der Waals surface area contributed by atoms with Gasteiger partial charge >= 0.3 is 0 Å². The van der Waals surface area contributed by atoms with E-state index in [1.165, 1.54) is 0 Å². The second kappa shape index (κ2) is 12.1. The van der Waals surface area contributed by atoms with Crippen LogP contribution in [0.25, 0.3) is 0 Å². The molecule has 7 heteroatoms. The molecule has 0 saturated carbocycles. The number of nitrogens with zero attached hydrogens (tertiary/aromatic N) is 2. The van der Waals surface area contributed by atoms with Gasteiger partial charge in [0.25, 0.3) is 0 Å². The molecule has 1 rings (SSSR count). The average molecular weight is 423 g/mol. The van der Waals surface area contributed by atoms with Gasteiger partial charge < -0.3 is 15.5 Å². The molecule has 7 nitrogen and oxygen atoms in total. The van der Waals surface area contributed by atoms with Crippen molar-refractivity contribution in [2.24, 2.45) is 11.8 Å². The largest absolute Gasteiger partial charge is 0.353 e. The van der Waals surface area contributed by atoms with E-state index in [2.05, 4.69) is 15.5 Å². The molecule has 1 heterocycles. The molecule has 1 aliphatic rings. The van der Waals surface area contributed by atoms with E-state index in [1.807, 2.05) is 47.7 Å². The summed E-state index contributed by atoms with van der Waals surface area (Å²) in [4.78, 5) is 42.2. The zero-order valence-electron chi connectivity index (χ0n) is 20.1. The van der Waals surface area contributed by atoms with E-state index in [4.69, 9.17) is 0 Å². The number of likely N-dealkylation sites (tertiary alicyclic amines) is 1. The Hall–Kier alpha value is -1.89. The minimum atomic E-state index is -0.600. The van der Waals surface area contributed by atoms with Crippen LogP contribution in [0.2, 0.25) is 0 Å². The van der Waals surface area contributed by atoms with E-state index >= 15 is 0 Å². The molecule has 30 heavy (non-hydrogen) atoms. The fourth-order valence-electron chi connectivity index (χ4n) is 3.92. The average Bonchev–Trinajstić information content (AvgIpc) is 2.68. The Balaban J connectivity index is 3.00. The van der Waals surface area contributed by atoms with Gasteiger partial charge in [-0.05, 0) is 52.1 Å². The first-order chi connectivity index (χ1) is 14.0. The Labute approximate surface area is 182 Å². The van der Waals surface area contributed by atoms with Crippen molar-refractivity contribution in [1.82, 2.24) is 20.4 Å². The molecule has 1 aliphatic heterocycles. The second-order valence-corrected chi connectivity index (χ2v) is 9.12. The van der Waals surface area contributed by atoms with Crippen molar-refractivity contribution >= 4 is 17.7 Å². The van der Waals surface area contributed by atoms with E-state index in [0.717, 1.165) is 25.8 Å². The molecule has 3 amide bonds. The third kappa shape index (κ3) is 7.11. The van der Waals surface area contributed by atoms with Gasteiger partial charge in [0, 0.05) is 19.2 Å². The van der Waals surface area contributed by atoms with E-state index in [1.54, 1.807) is 18.9 Å². The number of amides is 3. The maximum absolute atomic E-state index is 13.4. The Morgan fingerprint density at radius 1 is 1.13 bits per heavy atom. The van der Waals surface area contributed by atoms with E-state index in [-0.39, 0.29) is 41.6 Å². The van der Waals surface area contributed by atoms with Crippen molar-refractivity contribution < 1.29 is 14.4 Å². The monoisotopic (exact) mass is 422 g/mol. The maximum Gasteiger partial charge on any atom is 0.246 e. The summed E-state index contributed by atoms with van der Waals surface area (Å²) in [5.41, 5.74) is 0.587. The lowest BCUT2D eigenvalue weighted by molar-refractivity contribution is -0.139. The van der Waals surface area contributed by atoms with Crippen molar-refractivity contribution in [3.8, 4) is 0 Å². The van der Waals surface area contributed by atoms with Crippen LogP contribution in [0.5, 0.6) is 0 Å². The zero-order valence-corrected chi connectivity index (χ0v) is 20.1. The van der Waals surface area contributed by atoms with Gasteiger partial charge in [0.05, 0.1) is 12.1 Å². The van der Waals surface area contributed by atoms with Crippen LogP contribution < -0.4 is 10.6 Å². The summed E-state index contributed by atoms with van der Waals surface area (Å²) in [5, 5.41) is 5.81. The molecule has 0 radical (unpaired) electrons. The fraction of sp³-hybridized carbons (Fsp3) is 0.783. The number of hydrogen-bond acceptors (Lipinski definition) is 4. The van der Waals surface area contributed by atoms with Crippen LogP contribution in [0, 0.1) is 11.8 Å². The number of hydrogen-bond donors (Lipinski definition) is 2. The third-order valence-electron chi connectivity index (χ3n) is 5.90. The highest BCUT2D eigenvalue weighted by Gasteiger charge is 2.34. The first-order valence-corrected chi connectivity index (χ1v) is 11.2. The number of rotatable bonds is 9. The van der Waals surface area contributed by atoms with Crippen LogP contribution >= 0.6 is 0 Å². The molecule has 0 spiro atoms. The first-order valence-electron chi connectivity index (χ1n) is 11.2. The molecule has 0 bridgehead atoms. The second-order valence-electron chi connectivity index (χ2n) is 9.12. The van der Waals surface area contributed by atoms with Gasteiger partial charge in [-0.15, -0.1) is 0 Å². The standard InChI is InChI=1S/C23H42N4O3/c1-9-24-21(28)17(6)14-19(15(2)3)27(8)23(30)20(16(4)5)25-22(29)18-12-10-11-13-26(18)7/h14-16,18-20H,9-13H2,1-8H3,(H,24,28)(H,25,29)/t18-,19-,20+/m1/s1. The van der Waals surface area contributed by atoms with Crippen LogP contribution in [-0.2, 0) is 14.4 Å². The molecule has 2 N–H and O–H groups in total. The van der Waals surface area contributed by atoms with Gasteiger partial charge in [0.2, 0.25) is 17.7 Å². The molecule has 172 valence electrons. The first kappa shape index (κ1) is 26.1. The Morgan fingerprint density at radius 2 is 1.77 bits per heavy atom. The van der Waals surface area contributed by atoms with E-state index < -0.39 is 6.04 Å². The van der Waals surface area contributed by atoms with E-state index in [9.17, 15) is 14.4 Å². The van der Waals surface area contributed by atoms with Crippen molar-refractivity contribution in [2.45, 2.75) is 78.9 Å². The number of nitrogens with one attached hydrogen (secondary N) is 2. The lowest BCUT2D eigenvalue weighted by atomic mass is 9.96. The molecule has 1 fully saturated rings. The minimum Gasteiger partial charge on any atom is -0.353 e. The predicted molar refractivity (Wildman–Crippen MR) is 121 cm³/mol. The van der Waals surface area contributed by atoms with Crippen molar-refractivity contribution in [2.75, 3.05) is 27.2 Å². The summed E-state index contributed by atoms with van der Waals surface area (Å²) in [6, 6.07) is -1.02. The summed E-state index contributed by atoms with van der Waals surface area (Å²) in [5.74, 6) is -0.253. The van der Waals surface area contributed by atoms with Gasteiger partial charge in [-0.25, -0.2) is 0 Å². The van der Waals surface area contributed by atoms with E-state index in [0.29, 0.717) is 12.1 Å². The molecule has 0 aromatic heterocycles. The highest BCUT2D eigenvalue weighted by atomic mass is 16.2.